The molecule has 0 aromatic heterocycles. The van der Waals surface area contributed by atoms with Crippen molar-refractivity contribution in [2.75, 3.05) is 13.1 Å². The molecule has 0 unspecified atom stereocenters. The molecule has 2 nitrogen and oxygen atoms in total. The lowest BCUT2D eigenvalue weighted by Gasteiger charge is -2.32. The Morgan fingerprint density at radius 2 is 1.89 bits per heavy atom. The summed E-state index contributed by atoms with van der Waals surface area (Å²) in [7, 11) is 0. The number of amides is 1. The lowest BCUT2D eigenvalue weighted by Crippen LogP contribution is -2.43. The van der Waals surface area contributed by atoms with Gasteiger partial charge in [0.05, 0.1) is 5.56 Å². The van der Waals surface area contributed by atoms with Gasteiger partial charge in [0.15, 0.2) is 0 Å². The molecule has 1 aliphatic heterocycles. The molecule has 19 heavy (non-hydrogen) atoms. The molecule has 2 rings (SSSR count). The molecule has 0 atom stereocenters. The maximum atomic E-state index is 13.8. The zero-order chi connectivity index (χ0) is 14.2. The number of hydrogen-bond acceptors (Lipinski definition) is 1. The van der Waals surface area contributed by atoms with E-state index in [1.807, 2.05) is 0 Å². The number of benzene rings is 1. The van der Waals surface area contributed by atoms with Crippen LogP contribution >= 0.6 is 15.9 Å². The Labute approximate surface area is 117 Å². The lowest BCUT2D eigenvalue weighted by atomic mass is 10.0. The number of alkyl halides is 2. The predicted molar refractivity (Wildman–Crippen MR) is 68.9 cm³/mol. The fourth-order valence-corrected chi connectivity index (χ4v) is 2.54. The van der Waals surface area contributed by atoms with Crippen LogP contribution in [0.25, 0.3) is 0 Å². The molecule has 104 valence electrons. The van der Waals surface area contributed by atoms with E-state index in [1.165, 1.54) is 11.0 Å². The molecule has 0 spiro atoms. The minimum atomic E-state index is -2.72. The van der Waals surface area contributed by atoms with Crippen LogP contribution in [-0.2, 0) is 0 Å². The van der Waals surface area contributed by atoms with Gasteiger partial charge in [-0.25, -0.2) is 13.2 Å². The van der Waals surface area contributed by atoms with E-state index < -0.39 is 17.6 Å². The highest BCUT2D eigenvalue weighted by atomic mass is 79.9. The van der Waals surface area contributed by atoms with Crippen LogP contribution in [0.4, 0.5) is 13.2 Å². The van der Waals surface area contributed by atoms with Crippen LogP contribution in [0.2, 0.25) is 0 Å². The summed E-state index contributed by atoms with van der Waals surface area (Å²) in [5.74, 6) is -3.90. The Morgan fingerprint density at radius 3 is 2.47 bits per heavy atom. The molecule has 1 aromatic carbocycles. The molecule has 1 amide bonds. The number of nitrogens with zero attached hydrogens (tertiary/aromatic N) is 1. The first-order valence-corrected chi connectivity index (χ1v) is 6.73. The molecule has 1 aromatic rings. The molecule has 0 N–H and O–H groups in total. The molecule has 1 saturated heterocycles. The molecule has 0 aliphatic carbocycles. The number of likely N-dealkylation sites (tertiary alicyclic amines) is 1. The van der Waals surface area contributed by atoms with Gasteiger partial charge in [-0.1, -0.05) is 6.07 Å². The third-order valence-corrected chi connectivity index (χ3v) is 4.30. The molecule has 0 saturated carbocycles. The molecule has 6 heteroatoms. The quantitative estimate of drug-likeness (QED) is 0.765. The van der Waals surface area contributed by atoms with Crippen LogP contribution in [0.3, 0.4) is 0 Å². The second-order valence-electron chi connectivity index (χ2n) is 4.70. The molecule has 0 bridgehead atoms. The van der Waals surface area contributed by atoms with Crippen molar-refractivity contribution in [1.82, 2.24) is 4.90 Å². The van der Waals surface area contributed by atoms with Gasteiger partial charge in [0.2, 0.25) is 0 Å². The number of hydrogen-bond donors (Lipinski definition) is 0. The van der Waals surface area contributed by atoms with E-state index in [4.69, 9.17) is 0 Å². The SMILES string of the molecule is Cc1ccc(F)c(C(=O)N2CCC(F)(F)CC2)c1Br. The topological polar surface area (TPSA) is 20.3 Å². The van der Waals surface area contributed by atoms with E-state index in [0.29, 0.717) is 4.47 Å². The van der Waals surface area contributed by atoms with Crippen LogP contribution in [-0.4, -0.2) is 29.8 Å². The van der Waals surface area contributed by atoms with Crippen molar-refractivity contribution in [2.24, 2.45) is 0 Å². The summed E-state index contributed by atoms with van der Waals surface area (Å²) in [6.07, 6.45) is -0.742. The number of carbonyl (C=O) groups is 1. The zero-order valence-electron chi connectivity index (χ0n) is 10.4. The van der Waals surface area contributed by atoms with Gasteiger partial charge >= 0.3 is 0 Å². The number of halogens is 4. The second-order valence-corrected chi connectivity index (χ2v) is 5.49. The third kappa shape index (κ3) is 2.94. The standard InChI is InChI=1S/C13H13BrF3NO/c1-8-2-3-9(15)10(11(8)14)12(19)18-6-4-13(16,17)5-7-18/h2-3H,4-7H2,1H3. The monoisotopic (exact) mass is 335 g/mol. The number of rotatable bonds is 1. The average Bonchev–Trinajstić information content (AvgIpc) is 2.34. The molecule has 0 radical (unpaired) electrons. The van der Waals surface area contributed by atoms with Crippen LogP contribution in [0.1, 0.15) is 28.8 Å². The summed E-state index contributed by atoms with van der Waals surface area (Å²) >= 11 is 3.19. The summed E-state index contributed by atoms with van der Waals surface area (Å²) < 4.78 is 40.2. The van der Waals surface area contributed by atoms with Crippen molar-refractivity contribution in [3.8, 4) is 0 Å². The van der Waals surface area contributed by atoms with Crippen molar-refractivity contribution in [3.05, 3.63) is 33.5 Å². The zero-order valence-corrected chi connectivity index (χ0v) is 11.9. The van der Waals surface area contributed by atoms with Crippen LogP contribution in [0.5, 0.6) is 0 Å². The number of piperidine rings is 1. The fraction of sp³-hybridized carbons (Fsp3) is 0.462. The van der Waals surface area contributed by atoms with Crippen molar-refractivity contribution < 1.29 is 18.0 Å². The van der Waals surface area contributed by atoms with Crippen molar-refractivity contribution >= 4 is 21.8 Å². The normalized spacial score (nSPS) is 18.5. The minimum Gasteiger partial charge on any atom is -0.338 e. The van der Waals surface area contributed by atoms with E-state index in [9.17, 15) is 18.0 Å². The Balaban J connectivity index is 2.24. The largest absolute Gasteiger partial charge is 0.338 e. The molecular formula is C13H13BrF3NO. The Morgan fingerprint density at radius 1 is 1.32 bits per heavy atom. The molecule has 1 heterocycles. The smallest absolute Gasteiger partial charge is 0.258 e. The summed E-state index contributed by atoms with van der Waals surface area (Å²) in [6, 6.07) is 2.77. The van der Waals surface area contributed by atoms with E-state index in [0.717, 1.165) is 5.56 Å². The first-order valence-electron chi connectivity index (χ1n) is 5.93. The number of carbonyl (C=O) groups excluding carboxylic acids is 1. The molecule has 1 fully saturated rings. The van der Waals surface area contributed by atoms with Crippen LogP contribution < -0.4 is 0 Å². The third-order valence-electron chi connectivity index (χ3n) is 3.28. The predicted octanol–water partition coefficient (Wildman–Crippen LogP) is 3.77. The summed E-state index contributed by atoms with van der Waals surface area (Å²) in [5, 5.41) is 0. The van der Waals surface area contributed by atoms with Crippen molar-refractivity contribution in [2.45, 2.75) is 25.7 Å². The maximum absolute atomic E-state index is 13.8. The van der Waals surface area contributed by atoms with Crippen molar-refractivity contribution in [1.29, 1.82) is 0 Å². The highest BCUT2D eigenvalue weighted by Gasteiger charge is 2.36. The fourth-order valence-electron chi connectivity index (χ4n) is 2.05. The van der Waals surface area contributed by atoms with Gasteiger partial charge in [-0.15, -0.1) is 0 Å². The van der Waals surface area contributed by atoms with Gasteiger partial charge < -0.3 is 4.90 Å². The van der Waals surface area contributed by atoms with E-state index in [2.05, 4.69) is 15.9 Å². The first-order chi connectivity index (χ1) is 8.82. The molecular weight excluding hydrogens is 323 g/mol. The lowest BCUT2D eigenvalue weighted by molar-refractivity contribution is -0.0494. The maximum Gasteiger partial charge on any atom is 0.258 e. The first kappa shape index (κ1) is 14.4. The highest BCUT2D eigenvalue weighted by Crippen LogP contribution is 2.30. The van der Waals surface area contributed by atoms with Gasteiger partial charge in [0.25, 0.3) is 11.8 Å². The van der Waals surface area contributed by atoms with Gasteiger partial charge in [0.1, 0.15) is 5.82 Å². The van der Waals surface area contributed by atoms with Gasteiger partial charge in [0, 0.05) is 30.4 Å². The van der Waals surface area contributed by atoms with Gasteiger partial charge in [-0.3, -0.25) is 4.79 Å². The van der Waals surface area contributed by atoms with E-state index in [1.54, 1.807) is 13.0 Å². The second kappa shape index (κ2) is 5.15. The Bertz CT molecular complexity index is 509. The number of aryl methyl sites for hydroxylation is 1. The van der Waals surface area contributed by atoms with Crippen molar-refractivity contribution in [3.63, 3.8) is 0 Å². The summed E-state index contributed by atoms with van der Waals surface area (Å²) in [5.41, 5.74) is 0.650. The van der Waals surface area contributed by atoms with Gasteiger partial charge in [-0.05, 0) is 34.5 Å². The van der Waals surface area contributed by atoms with Crippen LogP contribution in [0.15, 0.2) is 16.6 Å². The van der Waals surface area contributed by atoms with E-state index in [-0.39, 0.29) is 31.5 Å². The Hall–Kier alpha value is -1.04. The highest BCUT2D eigenvalue weighted by molar-refractivity contribution is 9.10. The average molecular weight is 336 g/mol. The summed E-state index contributed by atoms with van der Waals surface area (Å²) in [4.78, 5) is 13.5. The van der Waals surface area contributed by atoms with Crippen LogP contribution in [0, 0.1) is 12.7 Å². The molecule has 1 aliphatic rings. The van der Waals surface area contributed by atoms with Gasteiger partial charge in [-0.2, -0.15) is 0 Å². The Kier molecular flexibility index (Phi) is 3.90. The summed E-state index contributed by atoms with van der Waals surface area (Å²) in [6.45, 7) is 1.64. The minimum absolute atomic E-state index is 0.0499. The van der Waals surface area contributed by atoms with E-state index >= 15 is 0 Å².